The average molecular weight is 595 g/mol. The van der Waals surface area contributed by atoms with Crippen LogP contribution in [0.2, 0.25) is 0 Å². The number of fused-ring (bicyclic) bond motifs is 1. The van der Waals surface area contributed by atoms with Gasteiger partial charge < -0.3 is 30.1 Å². The largest absolute Gasteiger partial charge is 0.494 e. The van der Waals surface area contributed by atoms with Gasteiger partial charge in [0.05, 0.1) is 31.2 Å². The lowest BCUT2D eigenvalue weighted by Crippen LogP contribution is -2.59. The van der Waals surface area contributed by atoms with Crippen LogP contribution in [0.4, 0.5) is 5.69 Å². The number of nitrogens with zero attached hydrogens (tertiary/aromatic N) is 1. The Balaban J connectivity index is 1.62. The maximum absolute atomic E-state index is 13.9. The quantitative estimate of drug-likeness (QED) is 0.379. The zero-order chi connectivity index (χ0) is 28.0. The molecular formula is C28H40BrN3O6. The number of nitrogens with one attached hydrogen (secondary N) is 2. The van der Waals surface area contributed by atoms with E-state index >= 15 is 0 Å². The van der Waals surface area contributed by atoms with E-state index in [2.05, 4.69) is 47.3 Å². The Morgan fingerprint density at radius 2 is 1.84 bits per heavy atom. The molecule has 1 spiro atoms. The van der Waals surface area contributed by atoms with E-state index in [1.54, 1.807) is 24.3 Å². The highest BCUT2D eigenvalue weighted by Crippen LogP contribution is 2.60. The Morgan fingerprint density at radius 3 is 2.42 bits per heavy atom. The second-order valence-electron chi connectivity index (χ2n) is 12.5. The topological polar surface area (TPSA) is 117 Å². The van der Waals surface area contributed by atoms with Gasteiger partial charge in [0.25, 0.3) is 0 Å². The van der Waals surface area contributed by atoms with Crippen LogP contribution >= 0.6 is 15.9 Å². The molecule has 9 nitrogen and oxygen atoms in total. The molecule has 4 rings (SSSR count). The van der Waals surface area contributed by atoms with Crippen LogP contribution < -0.4 is 15.4 Å². The van der Waals surface area contributed by atoms with Crippen LogP contribution in [0.3, 0.4) is 0 Å². The second kappa shape index (κ2) is 10.4. The molecule has 3 aliphatic rings. The molecule has 2 bridgehead atoms. The number of hydrogen-bond donors (Lipinski definition) is 3. The summed E-state index contributed by atoms with van der Waals surface area (Å²) in [6, 6.07) is 6.10. The highest BCUT2D eigenvalue weighted by atomic mass is 79.9. The van der Waals surface area contributed by atoms with Crippen molar-refractivity contribution < 1.29 is 29.0 Å². The van der Waals surface area contributed by atoms with Gasteiger partial charge in [0.15, 0.2) is 0 Å². The van der Waals surface area contributed by atoms with Crippen molar-refractivity contribution in [3.05, 3.63) is 24.3 Å². The lowest BCUT2D eigenvalue weighted by Gasteiger charge is -2.38. The van der Waals surface area contributed by atoms with E-state index in [1.807, 2.05) is 20.8 Å². The zero-order valence-corrected chi connectivity index (χ0v) is 24.6. The Labute approximate surface area is 233 Å². The summed E-state index contributed by atoms with van der Waals surface area (Å²) in [6.07, 6.45) is 0.585. The number of rotatable bonds is 9. The number of aliphatic hydroxyl groups is 1. The van der Waals surface area contributed by atoms with E-state index < -0.39 is 35.1 Å². The Kier molecular flexibility index (Phi) is 7.91. The molecule has 1 aromatic carbocycles. The number of hydrogen-bond acceptors (Lipinski definition) is 6. The Hall–Kier alpha value is -2.17. The monoisotopic (exact) mass is 593 g/mol. The van der Waals surface area contributed by atoms with Crippen molar-refractivity contribution in [1.82, 2.24) is 10.2 Å². The molecule has 3 saturated heterocycles. The van der Waals surface area contributed by atoms with Crippen LogP contribution in [0, 0.1) is 17.3 Å². The fourth-order valence-electron chi connectivity index (χ4n) is 6.88. The van der Waals surface area contributed by atoms with Crippen LogP contribution in [0.1, 0.15) is 54.4 Å². The molecule has 3 aliphatic heterocycles. The molecule has 3 fully saturated rings. The zero-order valence-electron chi connectivity index (χ0n) is 23.0. The molecule has 3 unspecified atom stereocenters. The molecule has 3 amide bonds. The summed E-state index contributed by atoms with van der Waals surface area (Å²) < 4.78 is 12.0. The van der Waals surface area contributed by atoms with Gasteiger partial charge in [-0.2, -0.15) is 0 Å². The molecule has 38 heavy (non-hydrogen) atoms. The van der Waals surface area contributed by atoms with Crippen LogP contribution in [0.15, 0.2) is 24.3 Å². The predicted molar refractivity (Wildman–Crippen MR) is 147 cm³/mol. The minimum absolute atomic E-state index is 0.0108. The van der Waals surface area contributed by atoms with Crippen LogP contribution in [-0.4, -0.2) is 75.6 Å². The maximum atomic E-state index is 13.9. The minimum Gasteiger partial charge on any atom is -0.494 e. The van der Waals surface area contributed by atoms with Crippen molar-refractivity contribution in [2.24, 2.45) is 17.3 Å². The van der Waals surface area contributed by atoms with Gasteiger partial charge in [0.1, 0.15) is 17.4 Å². The van der Waals surface area contributed by atoms with E-state index in [-0.39, 0.29) is 41.1 Å². The molecule has 3 heterocycles. The van der Waals surface area contributed by atoms with E-state index in [0.29, 0.717) is 24.5 Å². The van der Waals surface area contributed by atoms with Gasteiger partial charge in [-0.15, -0.1) is 0 Å². The number of likely N-dealkylation sites (tertiary alicyclic amines) is 1. The van der Waals surface area contributed by atoms with E-state index in [9.17, 15) is 19.5 Å². The van der Waals surface area contributed by atoms with Gasteiger partial charge in [0.2, 0.25) is 17.7 Å². The first-order valence-corrected chi connectivity index (χ1v) is 14.2. The third-order valence-electron chi connectivity index (χ3n) is 7.55. The van der Waals surface area contributed by atoms with Crippen LogP contribution in [0.25, 0.3) is 0 Å². The predicted octanol–water partition coefficient (Wildman–Crippen LogP) is 3.10. The van der Waals surface area contributed by atoms with Gasteiger partial charge in [-0.05, 0) is 63.3 Å². The molecule has 0 aromatic heterocycles. The van der Waals surface area contributed by atoms with Crippen LogP contribution in [0.5, 0.6) is 5.75 Å². The minimum atomic E-state index is -1.16. The number of amides is 3. The molecule has 3 N–H and O–H groups in total. The van der Waals surface area contributed by atoms with Crippen LogP contribution in [-0.2, 0) is 19.1 Å². The Morgan fingerprint density at radius 1 is 1.18 bits per heavy atom. The van der Waals surface area contributed by atoms with Crippen molar-refractivity contribution in [2.45, 2.75) is 82.5 Å². The number of halogens is 1. The number of alkyl halides is 1. The van der Waals surface area contributed by atoms with Crippen molar-refractivity contribution in [3.8, 4) is 5.75 Å². The third-order valence-corrected chi connectivity index (χ3v) is 8.39. The summed E-state index contributed by atoms with van der Waals surface area (Å²) in [4.78, 5) is 42.5. The summed E-state index contributed by atoms with van der Waals surface area (Å²) in [5.74, 6) is -1.90. The standard InChI is InChI=1S/C28H40BrN3O6/c1-7-37-17-10-8-16(9-11-17)30-23(34)19-20-25(36)32(12-13-33)22(28(20)14-18(29)21(19)38-28)24(35)31-27(5,6)15-26(2,3)4/h8-11,18-22,33H,7,12-15H2,1-6H3,(H,30,34)(H,31,35)/t18?,19-,20-,21-,22?,28?/m0/s1. The summed E-state index contributed by atoms with van der Waals surface area (Å²) >= 11 is 3.67. The number of anilines is 1. The fourth-order valence-corrected chi connectivity index (χ4v) is 7.82. The number of aliphatic hydroxyl groups excluding tert-OH is 1. The fraction of sp³-hybridized carbons (Fsp3) is 0.679. The number of ether oxygens (including phenoxy) is 2. The third kappa shape index (κ3) is 5.31. The molecular weight excluding hydrogens is 554 g/mol. The smallest absolute Gasteiger partial charge is 0.246 e. The second-order valence-corrected chi connectivity index (χ2v) is 13.7. The number of carbonyl (C=O) groups is 3. The lowest BCUT2D eigenvalue weighted by atomic mass is 9.70. The first-order chi connectivity index (χ1) is 17.7. The van der Waals surface area contributed by atoms with Gasteiger partial charge in [-0.3, -0.25) is 14.4 Å². The maximum Gasteiger partial charge on any atom is 0.246 e. The molecule has 6 atom stereocenters. The average Bonchev–Trinajstić information content (AvgIpc) is 3.37. The van der Waals surface area contributed by atoms with Crippen molar-refractivity contribution in [2.75, 3.05) is 25.1 Å². The number of benzene rings is 1. The first-order valence-electron chi connectivity index (χ1n) is 13.3. The van der Waals surface area contributed by atoms with Gasteiger partial charge in [0, 0.05) is 22.6 Å². The molecule has 10 heteroatoms. The summed E-state index contributed by atoms with van der Waals surface area (Å²) in [6.45, 7) is 12.4. The van der Waals surface area contributed by atoms with E-state index in [0.717, 1.165) is 6.42 Å². The molecule has 1 aromatic rings. The van der Waals surface area contributed by atoms with E-state index in [4.69, 9.17) is 9.47 Å². The molecule has 0 radical (unpaired) electrons. The molecule has 0 saturated carbocycles. The van der Waals surface area contributed by atoms with Gasteiger partial charge in [-0.1, -0.05) is 36.7 Å². The Bertz CT molecular complexity index is 1070. The molecule has 210 valence electrons. The number of carbonyl (C=O) groups excluding carboxylic acids is 3. The van der Waals surface area contributed by atoms with Crippen molar-refractivity contribution >= 4 is 39.3 Å². The highest BCUT2D eigenvalue weighted by molar-refractivity contribution is 9.09. The van der Waals surface area contributed by atoms with Crippen molar-refractivity contribution in [1.29, 1.82) is 0 Å². The van der Waals surface area contributed by atoms with E-state index in [1.165, 1.54) is 4.90 Å². The summed E-state index contributed by atoms with van der Waals surface area (Å²) in [5.41, 5.74) is -1.14. The summed E-state index contributed by atoms with van der Waals surface area (Å²) in [5, 5.41) is 15.9. The molecule has 0 aliphatic carbocycles. The first kappa shape index (κ1) is 28.8. The van der Waals surface area contributed by atoms with Gasteiger partial charge in [-0.25, -0.2) is 0 Å². The van der Waals surface area contributed by atoms with Crippen molar-refractivity contribution in [3.63, 3.8) is 0 Å². The normalized spacial score (nSPS) is 30.4. The lowest BCUT2D eigenvalue weighted by molar-refractivity contribution is -0.142. The van der Waals surface area contributed by atoms with Gasteiger partial charge >= 0.3 is 0 Å². The highest BCUT2D eigenvalue weighted by Gasteiger charge is 2.76. The summed E-state index contributed by atoms with van der Waals surface area (Å²) in [7, 11) is 0. The SMILES string of the molecule is CCOc1ccc(NC(=O)[C@H]2[C@H]3C(=O)N(CCO)C(C(=O)NC(C)(C)CC(C)(C)C)C34CC(Br)[C@@H]2O4)cc1. The number of β-amino-alcohol motifs (C(OH)–C–C–N with tert-alkyl or cyclic N) is 1.